The average Bonchev–Trinajstić information content (AvgIpc) is 2.71. The Morgan fingerprint density at radius 2 is 2.00 bits per heavy atom. The normalized spacial score (nSPS) is 12.7. The minimum absolute atomic E-state index is 0.305. The maximum atomic E-state index is 5.87. The van der Waals surface area contributed by atoms with Crippen molar-refractivity contribution in [3.8, 4) is 5.69 Å². The predicted molar refractivity (Wildman–Crippen MR) is 65.1 cm³/mol. The summed E-state index contributed by atoms with van der Waals surface area (Å²) < 4.78 is 1.82. The molecule has 84 valence electrons. The van der Waals surface area contributed by atoms with Crippen molar-refractivity contribution in [2.75, 3.05) is 0 Å². The largest absolute Gasteiger partial charge is 0.243 e. The van der Waals surface area contributed by atoms with E-state index < -0.39 is 0 Å². The zero-order valence-corrected chi connectivity index (χ0v) is 10.1. The van der Waals surface area contributed by atoms with Crippen LogP contribution >= 0.6 is 11.6 Å². The highest BCUT2D eigenvalue weighted by Gasteiger charge is 2.15. The monoisotopic (exact) mass is 235 g/mol. The fourth-order valence-electron chi connectivity index (χ4n) is 1.56. The molecule has 0 aliphatic carbocycles. The molecule has 0 fully saturated rings. The lowest BCUT2D eigenvalue weighted by Crippen LogP contribution is -2.05. The highest BCUT2D eigenvalue weighted by atomic mass is 35.5. The summed E-state index contributed by atoms with van der Waals surface area (Å²) in [5.74, 6) is 1.26. The average molecular weight is 236 g/mol. The van der Waals surface area contributed by atoms with Crippen LogP contribution in [0.2, 0.25) is 5.28 Å². The van der Waals surface area contributed by atoms with E-state index in [1.165, 1.54) is 0 Å². The van der Waals surface area contributed by atoms with Crippen molar-refractivity contribution in [3.63, 3.8) is 0 Å². The van der Waals surface area contributed by atoms with Crippen molar-refractivity contribution in [3.05, 3.63) is 41.4 Å². The molecule has 4 heteroatoms. The van der Waals surface area contributed by atoms with Gasteiger partial charge in [-0.3, -0.25) is 0 Å². The van der Waals surface area contributed by atoms with E-state index in [4.69, 9.17) is 11.6 Å². The first kappa shape index (κ1) is 11.1. The van der Waals surface area contributed by atoms with Gasteiger partial charge in [-0.15, -0.1) is 5.10 Å². The van der Waals surface area contributed by atoms with Gasteiger partial charge in [0.2, 0.25) is 5.28 Å². The smallest absolute Gasteiger partial charge is 0.216 e. The lowest BCUT2D eigenvalue weighted by molar-refractivity contribution is 0.646. The Kier molecular flexibility index (Phi) is 3.25. The molecular weight excluding hydrogens is 222 g/mol. The van der Waals surface area contributed by atoms with Crippen LogP contribution in [0.4, 0.5) is 0 Å². The van der Waals surface area contributed by atoms with E-state index >= 15 is 0 Å². The summed E-state index contributed by atoms with van der Waals surface area (Å²) in [5, 5.41) is 4.53. The second-order valence-corrected chi connectivity index (χ2v) is 4.13. The molecule has 0 saturated carbocycles. The molecule has 2 aromatic rings. The number of halogens is 1. The van der Waals surface area contributed by atoms with E-state index in [0.717, 1.165) is 17.9 Å². The van der Waals surface area contributed by atoms with Crippen LogP contribution in [-0.2, 0) is 0 Å². The fourth-order valence-corrected chi connectivity index (χ4v) is 1.72. The van der Waals surface area contributed by atoms with Crippen molar-refractivity contribution in [2.24, 2.45) is 0 Å². The molecule has 2 rings (SSSR count). The first-order valence-corrected chi connectivity index (χ1v) is 5.78. The van der Waals surface area contributed by atoms with Crippen LogP contribution in [0.3, 0.4) is 0 Å². The topological polar surface area (TPSA) is 30.7 Å². The van der Waals surface area contributed by atoms with Gasteiger partial charge in [0, 0.05) is 5.92 Å². The Balaban J connectivity index is 2.48. The fraction of sp³-hybridized carbons (Fsp3) is 0.333. The predicted octanol–water partition coefficient (Wildman–Crippen LogP) is 3.43. The van der Waals surface area contributed by atoms with Crippen molar-refractivity contribution < 1.29 is 0 Å². The van der Waals surface area contributed by atoms with Crippen molar-refractivity contribution in [1.29, 1.82) is 0 Å². The van der Waals surface area contributed by atoms with E-state index in [2.05, 4.69) is 23.9 Å². The van der Waals surface area contributed by atoms with E-state index in [1.807, 2.05) is 35.0 Å². The third-order valence-corrected chi connectivity index (χ3v) is 2.82. The van der Waals surface area contributed by atoms with Crippen LogP contribution in [-0.4, -0.2) is 14.8 Å². The minimum atomic E-state index is 0.305. The molecule has 1 aromatic heterocycles. The second kappa shape index (κ2) is 4.66. The van der Waals surface area contributed by atoms with E-state index in [1.54, 1.807) is 0 Å². The minimum Gasteiger partial charge on any atom is -0.216 e. The number of nitrogens with zero attached hydrogens (tertiary/aromatic N) is 3. The Morgan fingerprint density at radius 3 is 2.62 bits per heavy atom. The van der Waals surface area contributed by atoms with E-state index in [-0.39, 0.29) is 0 Å². The zero-order valence-electron chi connectivity index (χ0n) is 9.39. The number of para-hydroxylation sites is 1. The van der Waals surface area contributed by atoms with Gasteiger partial charge in [-0.05, 0) is 30.2 Å². The highest BCUT2D eigenvalue weighted by Crippen LogP contribution is 2.21. The molecule has 0 N–H and O–H groups in total. The summed E-state index contributed by atoms with van der Waals surface area (Å²) in [5.41, 5.74) is 0.997. The second-order valence-electron chi connectivity index (χ2n) is 3.80. The van der Waals surface area contributed by atoms with Crippen LogP contribution in [0.5, 0.6) is 0 Å². The number of hydrogen-bond donors (Lipinski definition) is 0. The number of hydrogen-bond acceptors (Lipinski definition) is 2. The first-order chi connectivity index (χ1) is 7.72. The van der Waals surface area contributed by atoms with E-state index in [0.29, 0.717) is 11.2 Å². The maximum absolute atomic E-state index is 5.87. The molecule has 0 radical (unpaired) electrons. The third-order valence-electron chi connectivity index (χ3n) is 2.66. The molecular formula is C12H14ClN3. The number of rotatable bonds is 3. The summed E-state index contributed by atoms with van der Waals surface area (Å²) >= 11 is 5.87. The SMILES string of the molecule is CCC(C)c1nc(Cl)nn1-c1ccccc1. The van der Waals surface area contributed by atoms with Crippen LogP contribution in [0.1, 0.15) is 32.0 Å². The summed E-state index contributed by atoms with van der Waals surface area (Å²) in [4.78, 5) is 4.28. The molecule has 1 unspecified atom stereocenters. The molecule has 0 bridgehead atoms. The number of benzene rings is 1. The molecule has 0 spiro atoms. The number of aromatic nitrogens is 3. The molecule has 1 atom stereocenters. The first-order valence-electron chi connectivity index (χ1n) is 5.40. The maximum Gasteiger partial charge on any atom is 0.243 e. The molecule has 0 amide bonds. The summed E-state index contributed by atoms with van der Waals surface area (Å²) in [7, 11) is 0. The van der Waals surface area contributed by atoms with Crippen LogP contribution in [0.15, 0.2) is 30.3 Å². The molecule has 16 heavy (non-hydrogen) atoms. The van der Waals surface area contributed by atoms with Gasteiger partial charge in [0.15, 0.2) is 0 Å². The van der Waals surface area contributed by atoms with Gasteiger partial charge in [0.25, 0.3) is 0 Å². The molecule has 0 saturated heterocycles. The van der Waals surface area contributed by atoms with Crippen LogP contribution in [0, 0.1) is 0 Å². The standard InChI is InChI=1S/C12H14ClN3/c1-3-9(2)11-14-12(13)15-16(11)10-7-5-4-6-8-10/h4-9H,3H2,1-2H3. The molecule has 3 nitrogen and oxygen atoms in total. The Morgan fingerprint density at radius 1 is 1.31 bits per heavy atom. The van der Waals surface area contributed by atoms with Crippen molar-refractivity contribution in [2.45, 2.75) is 26.2 Å². The molecule has 1 heterocycles. The van der Waals surface area contributed by atoms with Gasteiger partial charge in [0.1, 0.15) is 5.82 Å². The van der Waals surface area contributed by atoms with E-state index in [9.17, 15) is 0 Å². The van der Waals surface area contributed by atoms with Gasteiger partial charge < -0.3 is 0 Å². The summed E-state index contributed by atoms with van der Waals surface area (Å²) in [6.45, 7) is 4.25. The Bertz CT molecular complexity index is 464. The van der Waals surface area contributed by atoms with Gasteiger partial charge in [-0.1, -0.05) is 32.0 Å². The van der Waals surface area contributed by atoms with Gasteiger partial charge in [-0.25, -0.2) is 9.67 Å². The van der Waals surface area contributed by atoms with Gasteiger partial charge in [0.05, 0.1) is 5.69 Å². The molecule has 1 aromatic carbocycles. The lowest BCUT2D eigenvalue weighted by atomic mass is 10.1. The Labute approximate surface area is 100 Å². The highest BCUT2D eigenvalue weighted by molar-refractivity contribution is 6.28. The summed E-state index contributed by atoms with van der Waals surface area (Å²) in [6.07, 6.45) is 1.02. The third kappa shape index (κ3) is 2.09. The quantitative estimate of drug-likeness (QED) is 0.816. The zero-order chi connectivity index (χ0) is 11.5. The molecule has 0 aliphatic rings. The van der Waals surface area contributed by atoms with Crippen LogP contribution in [0.25, 0.3) is 5.69 Å². The van der Waals surface area contributed by atoms with Crippen molar-refractivity contribution >= 4 is 11.6 Å². The summed E-state index contributed by atoms with van der Waals surface area (Å²) in [6, 6.07) is 9.93. The molecule has 0 aliphatic heterocycles. The van der Waals surface area contributed by atoms with Gasteiger partial charge >= 0.3 is 0 Å². The van der Waals surface area contributed by atoms with Gasteiger partial charge in [-0.2, -0.15) is 0 Å². The van der Waals surface area contributed by atoms with Crippen LogP contribution < -0.4 is 0 Å². The Hall–Kier alpha value is -1.35. The lowest BCUT2D eigenvalue weighted by Gasteiger charge is -2.09. The van der Waals surface area contributed by atoms with Crippen molar-refractivity contribution in [1.82, 2.24) is 14.8 Å².